The van der Waals surface area contributed by atoms with Crippen molar-refractivity contribution in [3.8, 4) is 0 Å². The number of nitrogens with zero attached hydrogens (tertiary/aromatic N) is 1. The van der Waals surface area contributed by atoms with Crippen LogP contribution < -0.4 is 5.32 Å². The summed E-state index contributed by atoms with van der Waals surface area (Å²) < 4.78 is 39.4. The van der Waals surface area contributed by atoms with E-state index in [1.165, 1.54) is 19.2 Å². The van der Waals surface area contributed by atoms with E-state index < -0.39 is 21.4 Å². The fraction of sp³-hybridized carbons (Fsp3) is 0.400. The molecule has 5 nitrogen and oxygen atoms in total. The molecule has 0 spiro atoms. The van der Waals surface area contributed by atoms with Gasteiger partial charge in [-0.05, 0) is 41.7 Å². The van der Waals surface area contributed by atoms with Crippen LogP contribution >= 0.6 is 23.4 Å². The Morgan fingerprint density at radius 3 is 2.79 bits per heavy atom. The molecule has 2 aliphatic rings. The van der Waals surface area contributed by atoms with Crippen LogP contribution in [0, 0.1) is 17.1 Å². The Morgan fingerprint density at radius 1 is 1.46 bits per heavy atom. The molecule has 1 unspecified atom stereocenters. The van der Waals surface area contributed by atoms with Crippen molar-refractivity contribution in [2.24, 2.45) is 5.92 Å². The zero-order chi connectivity index (χ0) is 17.7. The quantitative estimate of drug-likeness (QED) is 0.815. The van der Waals surface area contributed by atoms with Gasteiger partial charge in [0.1, 0.15) is 5.82 Å². The van der Waals surface area contributed by atoms with Gasteiger partial charge in [0.2, 0.25) is 16.0 Å². The van der Waals surface area contributed by atoms with E-state index in [1.807, 2.05) is 5.41 Å². The van der Waals surface area contributed by atoms with Crippen LogP contribution in [-0.4, -0.2) is 42.8 Å². The molecule has 24 heavy (non-hydrogen) atoms. The Morgan fingerprint density at radius 2 is 2.17 bits per heavy atom. The summed E-state index contributed by atoms with van der Waals surface area (Å²) in [6.07, 6.45) is 0. The highest BCUT2D eigenvalue weighted by Crippen LogP contribution is 2.43. The van der Waals surface area contributed by atoms with Crippen molar-refractivity contribution in [2.75, 3.05) is 18.6 Å². The average molecular weight is 390 g/mol. The number of hydrogen-bond acceptors (Lipinski definition) is 4. The summed E-state index contributed by atoms with van der Waals surface area (Å²) in [5.74, 6) is -0.262. The maximum atomic E-state index is 13.7. The van der Waals surface area contributed by atoms with E-state index in [2.05, 4.69) is 5.32 Å². The summed E-state index contributed by atoms with van der Waals surface area (Å²) in [6.45, 7) is 1.79. The van der Waals surface area contributed by atoms with Gasteiger partial charge in [0, 0.05) is 23.7 Å². The topological polar surface area (TPSA) is 73.3 Å². The summed E-state index contributed by atoms with van der Waals surface area (Å²) in [4.78, 5) is 0. The third-order valence-electron chi connectivity index (χ3n) is 4.43. The van der Waals surface area contributed by atoms with E-state index in [0.717, 1.165) is 9.88 Å². The SMILES string of the molecule is CN1C(=N)N[C@](C)(C2CSC=C2c2cc(F)cc(Cl)c2)CS1(=O)=O. The molecule has 0 aromatic heterocycles. The molecule has 0 saturated carbocycles. The second-order valence-corrected chi connectivity index (χ2v) is 9.57. The van der Waals surface area contributed by atoms with Gasteiger partial charge < -0.3 is 5.32 Å². The molecule has 130 valence electrons. The zero-order valence-electron chi connectivity index (χ0n) is 13.1. The number of guanidine groups is 1. The standard InChI is InChI=1S/C15H17ClFN3O2S2/c1-15(8-24(21,22)20(2)14(18)19-15)13-7-23-6-12(13)9-3-10(16)5-11(17)4-9/h3-6,13H,7-8H2,1-2H3,(H2,18,19)/t13?,15-/m0/s1. The predicted molar refractivity (Wildman–Crippen MR) is 96.2 cm³/mol. The fourth-order valence-electron chi connectivity index (χ4n) is 3.11. The van der Waals surface area contributed by atoms with Crippen LogP contribution in [0.15, 0.2) is 23.6 Å². The number of thioether (sulfide) groups is 1. The molecule has 2 atom stereocenters. The van der Waals surface area contributed by atoms with Crippen molar-refractivity contribution in [2.45, 2.75) is 12.5 Å². The zero-order valence-corrected chi connectivity index (χ0v) is 15.5. The minimum Gasteiger partial charge on any atom is -0.349 e. The monoisotopic (exact) mass is 389 g/mol. The number of rotatable bonds is 2. The first-order valence-electron chi connectivity index (χ1n) is 7.24. The average Bonchev–Trinajstić information content (AvgIpc) is 2.93. The van der Waals surface area contributed by atoms with Crippen LogP contribution in [0.25, 0.3) is 5.57 Å². The predicted octanol–water partition coefficient (Wildman–Crippen LogP) is 2.74. The van der Waals surface area contributed by atoms with Crippen molar-refractivity contribution in [3.63, 3.8) is 0 Å². The highest BCUT2D eigenvalue weighted by atomic mass is 35.5. The first-order valence-corrected chi connectivity index (χ1v) is 10.3. The molecule has 1 aromatic rings. The molecule has 0 amide bonds. The van der Waals surface area contributed by atoms with E-state index in [9.17, 15) is 12.8 Å². The molecule has 2 heterocycles. The number of halogens is 2. The summed E-state index contributed by atoms with van der Waals surface area (Å²) in [5, 5.41) is 13.2. The Bertz CT molecular complexity index is 823. The van der Waals surface area contributed by atoms with Gasteiger partial charge in [-0.25, -0.2) is 17.1 Å². The van der Waals surface area contributed by atoms with Gasteiger partial charge in [-0.3, -0.25) is 5.41 Å². The second kappa shape index (κ2) is 5.93. The lowest BCUT2D eigenvalue weighted by Crippen LogP contribution is -2.65. The van der Waals surface area contributed by atoms with Gasteiger partial charge in [-0.1, -0.05) is 11.6 Å². The van der Waals surface area contributed by atoms with Gasteiger partial charge in [0.15, 0.2) is 0 Å². The van der Waals surface area contributed by atoms with Crippen molar-refractivity contribution < 1.29 is 12.8 Å². The summed E-state index contributed by atoms with van der Waals surface area (Å²) in [6, 6.07) is 4.31. The smallest absolute Gasteiger partial charge is 0.239 e. The summed E-state index contributed by atoms with van der Waals surface area (Å²) >= 11 is 7.50. The second-order valence-electron chi connectivity index (χ2n) is 6.23. The molecule has 0 radical (unpaired) electrons. The maximum Gasteiger partial charge on any atom is 0.239 e. The highest BCUT2D eigenvalue weighted by molar-refractivity contribution is 8.02. The van der Waals surface area contributed by atoms with Crippen LogP contribution in [-0.2, 0) is 10.0 Å². The van der Waals surface area contributed by atoms with Gasteiger partial charge in [0.05, 0.1) is 11.3 Å². The maximum absolute atomic E-state index is 13.7. The molecule has 0 bridgehead atoms. The van der Waals surface area contributed by atoms with E-state index in [0.29, 0.717) is 16.3 Å². The number of nitrogens with one attached hydrogen (secondary N) is 2. The molecule has 0 aliphatic carbocycles. The van der Waals surface area contributed by atoms with Crippen molar-refractivity contribution in [3.05, 3.63) is 40.0 Å². The summed E-state index contributed by atoms with van der Waals surface area (Å²) in [7, 11) is -2.21. The molecule has 2 N–H and O–H groups in total. The Hall–Kier alpha value is -1.25. The Balaban J connectivity index is 1.99. The molecule has 3 rings (SSSR count). The first-order chi connectivity index (χ1) is 11.1. The largest absolute Gasteiger partial charge is 0.349 e. The fourth-order valence-corrected chi connectivity index (χ4v) is 6.20. The molecular weight excluding hydrogens is 373 g/mol. The lowest BCUT2D eigenvalue weighted by molar-refractivity contribution is 0.349. The van der Waals surface area contributed by atoms with Crippen molar-refractivity contribution in [1.82, 2.24) is 9.62 Å². The molecule has 1 fully saturated rings. The number of benzene rings is 1. The Kier molecular flexibility index (Phi) is 4.34. The van der Waals surface area contributed by atoms with Crippen LogP contribution in [0.1, 0.15) is 12.5 Å². The minimum atomic E-state index is -3.57. The Labute approximate surface area is 149 Å². The molecule has 9 heteroatoms. The third-order valence-corrected chi connectivity index (χ3v) is 7.58. The van der Waals surface area contributed by atoms with Crippen molar-refractivity contribution >= 4 is 44.9 Å². The highest BCUT2D eigenvalue weighted by Gasteiger charge is 2.48. The first kappa shape index (κ1) is 17.6. The van der Waals surface area contributed by atoms with E-state index >= 15 is 0 Å². The van der Waals surface area contributed by atoms with Gasteiger partial charge in [-0.2, -0.15) is 0 Å². The normalized spacial score (nSPS) is 29.3. The van der Waals surface area contributed by atoms with E-state index in [4.69, 9.17) is 17.0 Å². The number of sulfonamides is 1. The lowest BCUT2D eigenvalue weighted by atomic mass is 9.80. The van der Waals surface area contributed by atoms with Crippen molar-refractivity contribution in [1.29, 1.82) is 5.41 Å². The molecule has 1 saturated heterocycles. The van der Waals surface area contributed by atoms with Crippen LogP contribution in [0.4, 0.5) is 4.39 Å². The summed E-state index contributed by atoms with van der Waals surface area (Å²) in [5.41, 5.74) is 0.626. The minimum absolute atomic E-state index is 0.134. The van der Waals surface area contributed by atoms with Gasteiger partial charge in [0.25, 0.3) is 0 Å². The van der Waals surface area contributed by atoms with Gasteiger partial charge in [-0.15, -0.1) is 11.8 Å². The van der Waals surface area contributed by atoms with E-state index in [1.54, 1.807) is 24.8 Å². The van der Waals surface area contributed by atoms with Gasteiger partial charge >= 0.3 is 0 Å². The third kappa shape index (κ3) is 3.02. The molecular formula is C15H17ClFN3O2S2. The lowest BCUT2D eigenvalue weighted by Gasteiger charge is -2.44. The van der Waals surface area contributed by atoms with Crippen LogP contribution in [0.2, 0.25) is 5.02 Å². The van der Waals surface area contributed by atoms with E-state index in [-0.39, 0.29) is 17.6 Å². The molecule has 2 aliphatic heterocycles. The molecule has 1 aromatic carbocycles. The number of hydrogen-bond donors (Lipinski definition) is 2. The van der Waals surface area contributed by atoms with Crippen LogP contribution in [0.3, 0.4) is 0 Å². The van der Waals surface area contributed by atoms with Crippen LogP contribution in [0.5, 0.6) is 0 Å².